The van der Waals surface area contributed by atoms with E-state index in [1.165, 1.54) is 30.3 Å². The quantitative estimate of drug-likeness (QED) is 0.314. The first-order chi connectivity index (χ1) is 18.2. The third kappa shape index (κ3) is 7.26. The summed E-state index contributed by atoms with van der Waals surface area (Å²) in [7, 11) is -4.01. The summed E-state index contributed by atoms with van der Waals surface area (Å²) in [5.41, 5.74) is 0.442. The van der Waals surface area contributed by atoms with Crippen LogP contribution in [0, 0.1) is 0 Å². The number of amides is 1. The molecule has 1 amide bonds. The first-order valence-electron chi connectivity index (χ1n) is 12.1. The Labute approximate surface area is 231 Å². The summed E-state index contributed by atoms with van der Waals surface area (Å²) in [6, 6.07) is 16.4. The summed E-state index contributed by atoms with van der Waals surface area (Å²) in [5, 5.41) is 6.56. The van der Waals surface area contributed by atoms with Crippen LogP contribution in [0.1, 0.15) is 36.0 Å². The number of ether oxygens (including phenoxy) is 1. The molecule has 1 fully saturated rings. The minimum absolute atomic E-state index is 0.0490. The van der Waals surface area contributed by atoms with E-state index in [1.807, 2.05) is 0 Å². The summed E-state index contributed by atoms with van der Waals surface area (Å²) >= 11 is 12.1. The van der Waals surface area contributed by atoms with Gasteiger partial charge in [0, 0.05) is 10.6 Å². The van der Waals surface area contributed by atoms with E-state index in [2.05, 4.69) is 15.4 Å². The predicted octanol–water partition coefficient (Wildman–Crippen LogP) is 5.42. The molecule has 38 heavy (non-hydrogen) atoms. The summed E-state index contributed by atoms with van der Waals surface area (Å²) in [6.45, 7) is 0.701. The smallest absolute Gasteiger partial charge is 0.262 e. The van der Waals surface area contributed by atoms with Crippen LogP contribution < -0.4 is 20.1 Å². The van der Waals surface area contributed by atoms with Crippen molar-refractivity contribution in [3.05, 3.63) is 82.3 Å². The molecule has 3 aromatic carbocycles. The van der Waals surface area contributed by atoms with Crippen molar-refractivity contribution in [2.75, 3.05) is 17.8 Å². The summed E-state index contributed by atoms with van der Waals surface area (Å²) < 4.78 is 34.4. The van der Waals surface area contributed by atoms with E-state index < -0.39 is 15.9 Å². The molecule has 0 spiro atoms. The zero-order valence-electron chi connectivity index (χ0n) is 20.4. The van der Waals surface area contributed by atoms with Gasteiger partial charge in [-0.3, -0.25) is 14.3 Å². The monoisotopic (exact) mass is 575 g/mol. The molecule has 1 aliphatic heterocycles. The number of carbonyl (C=O) groups is 2. The second-order valence-corrected chi connectivity index (χ2v) is 11.3. The van der Waals surface area contributed by atoms with Crippen molar-refractivity contribution in [2.45, 2.75) is 36.6 Å². The lowest BCUT2D eigenvalue weighted by atomic mass is 10.1. The van der Waals surface area contributed by atoms with Crippen molar-refractivity contribution < 1.29 is 22.7 Å². The van der Waals surface area contributed by atoms with E-state index in [-0.39, 0.29) is 45.3 Å². The average Bonchev–Trinajstić information content (AvgIpc) is 3.19. The molecular weight excluding hydrogens is 549 g/mol. The Morgan fingerprint density at radius 2 is 1.71 bits per heavy atom. The highest BCUT2D eigenvalue weighted by Crippen LogP contribution is 2.35. The maximum Gasteiger partial charge on any atom is 0.262 e. The number of sulfonamides is 1. The van der Waals surface area contributed by atoms with E-state index in [0.717, 1.165) is 32.2 Å². The van der Waals surface area contributed by atoms with Gasteiger partial charge in [0.15, 0.2) is 11.5 Å². The lowest BCUT2D eigenvalue weighted by Crippen LogP contribution is -2.42. The number of para-hydroxylation sites is 2. The molecule has 0 bridgehead atoms. The van der Waals surface area contributed by atoms with Gasteiger partial charge in [-0.25, -0.2) is 8.42 Å². The van der Waals surface area contributed by atoms with Crippen LogP contribution in [0.25, 0.3) is 0 Å². The fourth-order valence-electron chi connectivity index (χ4n) is 4.00. The van der Waals surface area contributed by atoms with E-state index in [4.69, 9.17) is 27.9 Å². The maximum absolute atomic E-state index is 13.1. The van der Waals surface area contributed by atoms with Crippen molar-refractivity contribution >= 4 is 50.6 Å². The number of anilines is 1. The molecule has 1 heterocycles. The molecule has 1 saturated heterocycles. The molecule has 1 aliphatic rings. The van der Waals surface area contributed by atoms with E-state index in [0.29, 0.717) is 10.8 Å². The highest BCUT2D eigenvalue weighted by atomic mass is 35.5. The second kappa shape index (κ2) is 12.6. The zero-order valence-corrected chi connectivity index (χ0v) is 22.7. The van der Waals surface area contributed by atoms with E-state index in [1.54, 1.807) is 36.4 Å². The minimum Gasteiger partial charge on any atom is -0.454 e. The standard InChI is InChI=1S/C27H27Cl2N3O5S/c28-19-11-14-25(21(29)16-19)37-26-8-4-3-7-23(26)32-38(35,36)20-12-9-18(10-13-20)27(34)31-17-24(33)22-6-2-1-5-15-30-22/h3-4,7-14,16,22,30,32H,1-2,5-6,15,17H2,(H,31,34). The van der Waals surface area contributed by atoms with Crippen LogP contribution in [0.2, 0.25) is 10.0 Å². The largest absolute Gasteiger partial charge is 0.454 e. The van der Waals surface area contributed by atoms with Crippen molar-refractivity contribution in [3.8, 4) is 11.5 Å². The van der Waals surface area contributed by atoms with Gasteiger partial charge < -0.3 is 15.4 Å². The molecule has 0 saturated carbocycles. The van der Waals surface area contributed by atoms with Crippen molar-refractivity contribution in [1.29, 1.82) is 0 Å². The van der Waals surface area contributed by atoms with Gasteiger partial charge in [-0.2, -0.15) is 0 Å². The van der Waals surface area contributed by atoms with Crippen molar-refractivity contribution in [3.63, 3.8) is 0 Å². The number of benzene rings is 3. The Bertz CT molecular complexity index is 1410. The average molecular weight is 577 g/mol. The van der Waals surface area contributed by atoms with Crippen LogP contribution in [0.3, 0.4) is 0 Å². The molecule has 0 radical (unpaired) electrons. The van der Waals surface area contributed by atoms with Crippen molar-refractivity contribution in [2.24, 2.45) is 0 Å². The highest BCUT2D eigenvalue weighted by Gasteiger charge is 2.21. The predicted molar refractivity (Wildman–Crippen MR) is 148 cm³/mol. The van der Waals surface area contributed by atoms with Gasteiger partial charge in [-0.15, -0.1) is 0 Å². The Kier molecular flexibility index (Phi) is 9.27. The van der Waals surface area contributed by atoms with Crippen LogP contribution in [0.15, 0.2) is 71.6 Å². The van der Waals surface area contributed by atoms with Crippen LogP contribution in [0.5, 0.6) is 11.5 Å². The lowest BCUT2D eigenvalue weighted by Gasteiger charge is -2.15. The van der Waals surface area contributed by atoms with Gasteiger partial charge in [0.1, 0.15) is 5.75 Å². The van der Waals surface area contributed by atoms with Gasteiger partial charge in [-0.05, 0) is 74.0 Å². The molecular formula is C27H27Cl2N3O5S. The molecule has 1 atom stereocenters. The molecule has 11 heteroatoms. The summed E-state index contributed by atoms with van der Waals surface area (Å²) in [6.07, 6.45) is 3.86. The first kappa shape index (κ1) is 27.9. The Morgan fingerprint density at radius 3 is 2.47 bits per heavy atom. The SMILES string of the molecule is O=C(NCC(=O)C1CCCCCN1)c1ccc(S(=O)(=O)Nc2ccccc2Oc2ccc(Cl)cc2Cl)cc1. The number of Topliss-reactive ketones (excluding diaryl/α,β-unsaturated/α-hetero) is 1. The minimum atomic E-state index is -4.01. The fraction of sp³-hybridized carbons (Fsp3) is 0.259. The Morgan fingerprint density at radius 1 is 0.947 bits per heavy atom. The van der Waals surface area contributed by atoms with Crippen LogP contribution in [-0.4, -0.2) is 39.2 Å². The van der Waals surface area contributed by atoms with Gasteiger partial charge in [0.25, 0.3) is 15.9 Å². The Balaban J connectivity index is 1.40. The topological polar surface area (TPSA) is 114 Å². The maximum atomic E-state index is 13.1. The second-order valence-electron chi connectivity index (χ2n) is 8.81. The zero-order chi connectivity index (χ0) is 27.1. The number of hydrogen-bond acceptors (Lipinski definition) is 6. The number of nitrogens with one attached hydrogen (secondary N) is 3. The van der Waals surface area contributed by atoms with Crippen LogP contribution in [0.4, 0.5) is 5.69 Å². The summed E-state index contributed by atoms with van der Waals surface area (Å²) in [4.78, 5) is 24.9. The van der Waals surface area contributed by atoms with Crippen LogP contribution >= 0.6 is 23.2 Å². The molecule has 0 aliphatic carbocycles. The number of ketones is 1. The van der Waals surface area contributed by atoms with Crippen molar-refractivity contribution in [1.82, 2.24) is 10.6 Å². The molecule has 3 N–H and O–H groups in total. The van der Waals surface area contributed by atoms with Crippen LogP contribution in [-0.2, 0) is 14.8 Å². The Hall–Kier alpha value is -3.11. The van der Waals surface area contributed by atoms with E-state index in [9.17, 15) is 18.0 Å². The van der Waals surface area contributed by atoms with Gasteiger partial charge in [0.2, 0.25) is 0 Å². The van der Waals surface area contributed by atoms with Gasteiger partial charge >= 0.3 is 0 Å². The van der Waals surface area contributed by atoms with Gasteiger partial charge in [0.05, 0.1) is 28.2 Å². The molecule has 4 rings (SSSR count). The third-order valence-corrected chi connectivity index (χ3v) is 7.96. The van der Waals surface area contributed by atoms with E-state index >= 15 is 0 Å². The molecule has 200 valence electrons. The molecule has 3 aromatic rings. The normalized spacial score (nSPS) is 15.8. The molecule has 8 nitrogen and oxygen atoms in total. The lowest BCUT2D eigenvalue weighted by molar-refractivity contribution is -0.120. The highest BCUT2D eigenvalue weighted by molar-refractivity contribution is 7.92. The first-order valence-corrected chi connectivity index (χ1v) is 14.4. The summed E-state index contributed by atoms with van der Waals surface area (Å²) in [5.74, 6) is 0.0300. The number of halogens is 2. The molecule has 0 aromatic heterocycles. The third-order valence-electron chi connectivity index (χ3n) is 6.04. The fourth-order valence-corrected chi connectivity index (χ4v) is 5.52. The number of carbonyl (C=O) groups excluding carboxylic acids is 2. The number of hydrogen-bond donors (Lipinski definition) is 3. The number of rotatable bonds is 9. The molecule has 1 unspecified atom stereocenters. The van der Waals surface area contributed by atoms with Gasteiger partial charge in [-0.1, -0.05) is 48.2 Å².